The first-order valence-electron chi connectivity index (χ1n) is 12.4. The van der Waals surface area contributed by atoms with Crippen molar-refractivity contribution in [2.24, 2.45) is 5.41 Å². The van der Waals surface area contributed by atoms with Crippen molar-refractivity contribution in [1.82, 2.24) is 0 Å². The van der Waals surface area contributed by atoms with Gasteiger partial charge in [-0.05, 0) is 72.6 Å². The Kier molecular flexibility index (Phi) is 4.44. The summed E-state index contributed by atoms with van der Waals surface area (Å²) in [6, 6.07) is 33.4. The van der Waals surface area contributed by atoms with E-state index in [0.717, 1.165) is 6.42 Å². The Labute approximate surface area is 206 Å². The van der Waals surface area contributed by atoms with Gasteiger partial charge in [0.25, 0.3) is 0 Å². The van der Waals surface area contributed by atoms with Crippen LogP contribution in [0.1, 0.15) is 18.9 Å². The molecule has 0 heterocycles. The van der Waals surface area contributed by atoms with Gasteiger partial charge in [-0.3, -0.25) is 0 Å². The normalized spacial score (nSPS) is 19.1. The standard InChI is InChI=1S/C35H26/c1-35-21-9-8-18-32(35)31(17-10-22-35)34-29-15-6-4-13-27(29)33(28-14-5-7-16-30(28)34)26-20-19-24-11-2-3-12-25(24)23-26/h2-21,23H,22H2,1H3. The van der Waals surface area contributed by atoms with Crippen LogP contribution < -0.4 is 0 Å². The third-order valence-electron chi connectivity index (χ3n) is 7.81. The van der Waals surface area contributed by atoms with Crippen LogP contribution in [0.4, 0.5) is 0 Å². The summed E-state index contributed by atoms with van der Waals surface area (Å²) in [5, 5.41) is 7.79. The Hall–Kier alpha value is -4.16. The van der Waals surface area contributed by atoms with Gasteiger partial charge in [0.05, 0.1) is 0 Å². The van der Waals surface area contributed by atoms with E-state index >= 15 is 0 Å². The number of fused-ring (bicyclic) bond motifs is 4. The van der Waals surface area contributed by atoms with Crippen molar-refractivity contribution in [1.29, 1.82) is 0 Å². The predicted octanol–water partition coefficient (Wildman–Crippen LogP) is 9.66. The van der Waals surface area contributed by atoms with E-state index in [-0.39, 0.29) is 5.41 Å². The Bertz CT molecular complexity index is 1720. The molecule has 1 atom stereocenters. The fraction of sp³-hybridized carbons (Fsp3) is 0.0857. The number of hydrogen-bond acceptors (Lipinski definition) is 0. The molecular weight excluding hydrogens is 420 g/mol. The minimum atomic E-state index is 0.0397. The van der Waals surface area contributed by atoms with E-state index in [9.17, 15) is 0 Å². The average Bonchev–Trinajstić information content (AvgIpc) is 2.91. The monoisotopic (exact) mass is 446 g/mol. The van der Waals surface area contributed by atoms with E-state index in [4.69, 9.17) is 0 Å². The van der Waals surface area contributed by atoms with Crippen molar-refractivity contribution in [3.05, 3.63) is 139 Å². The Morgan fingerprint density at radius 1 is 0.600 bits per heavy atom. The van der Waals surface area contributed by atoms with Gasteiger partial charge in [0.2, 0.25) is 0 Å². The SMILES string of the molecule is CC12C=CC=CC1=C(c1c3ccccc3c(-c3ccc4ccccc4c3)c3ccccc13)C=CC2. The first kappa shape index (κ1) is 20.2. The van der Waals surface area contributed by atoms with Gasteiger partial charge in [-0.2, -0.15) is 0 Å². The second-order valence-corrected chi connectivity index (χ2v) is 9.97. The Morgan fingerprint density at radius 3 is 1.94 bits per heavy atom. The molecule has 0 bridgehead atoms. The van der Waals surface area contributed by atoms with Gasteiger partial charge in [0.1, 0.15) is 0 Å². The fourth-order valence-electron chi connectivity index (χ4n) is 6.08. The van der Waals surface area contributed by atoms with Crippen molar-refractivity contribution in [2.45, 2.75) is 13.3 Å². The van der Waals surface area contributed by atoms with Gasteiger partial charge in [0.15, 0.2) is 0 Å². The van der Waals surface area contributed by atoms with Crippen LogP contribution in [0.5, 0.6) is 0 Å². The smallest absolute Gasteiger partial charge is 0.0147 e. The summed E-state index contributed by atoms with van der Waals surface area (Å²) in [4.78, 5) is 0. The maximum absolute atomic E-state index is 2.36. The lowest BCUT2D eigenvalue weighted by Crippen LogP contribution is -2.20. The van der Waals surface area contributed by atoms with Crippen LogP contribution >= 0.6 is 0 Å². The molecule has 0 N–H and O–H groups in total. The number of rotatable bonds is 2. The van der Waals surface area contributed by atoms with E-state index < -0.39 is 0 Å². The molecule has 7 rings (SSSR count). The van der Waals surface area contributed by atoms with E-state index in [2.05, 4.69) is 134 Å². The summed E-state index contributed by atoms with van der Waals surface area (Å²) in [5.74, 6) is 0. The van der Waals surface area contributed by atoms with Crippen LogP contribution in [0.15, 0.2) is 133 Å². The molecule has 35 heavy (non-hydrogen) atoms. The second kappa shape index (κ2) is 7.68. The zero-order chi connectivity index (χ0) is 23.4. The highest BCUT2D eigenvalue weighted by Crippen LogP contribution is 2.49. The lowest BCUT2D eigenvalue weighted by molar-refractivity contribution is 0.529. The number of allylic oxidation sites excluding steroid dienone is 8. The van der Waals surface area contributed by atoms with Crippen molar-refractivity contribution in [3.63, 3.8) is 0 Å². The lowest BCUT2D eigenvalue weighted by Gasteiger charge is -2.34. The first-order chi connectivity index (χ1) is 17.2. The summed E-state index contributed by atoms with van der Waals surface area (Å²) in [7, 11) is 0. The molecule has 0 amide bonds. The number of benzene rings is 5. The predicted molar refractivity (Wildman–Crippen MR) is 151 cm³/mol. The van der Waals surface area contributed by atoms with Crippen molar-refractivity contribution in [3.8, 4) is 11.1 Å². The van der Waals surface area contributed by atoms with Crippen LogP contribution in [-0.4, -0.2) is 0 Å². The minimum absolute atomic E-state index is 0.0397. The summed E-state index contributed by atoms with van der Waals surface area (Å²) >= 11 is 0. The fourth-order valence-corrected chi connectivity index (χ4v) is 6.08. The largest absolute Gasteiger partial charge is 0.0827 e. The topological polar surface area (TPSA) is 0 Å². The van der Waals surface area contributed by atoms with Gasteiger partial charge in [-0.1, -0.05) is 128 Å². The van der Waals surface area contributed by atoms with E-state index in [0.29, 0.717) is 0 Å². The van der Waals surface area contributed by atoms with Crippen LogP contribution in [0.25, 0.3) is 49.0 Å². The zero-order valence-electron chi connectivity index (χ0n) is 19.8. The molecule has 5 aromatic carbocycles. The van der Waals surface area contributed by atoms with Crippen LogP contribution in [-0.2, 0) is 0 Å². The molecule has 2 aliphatic rings. The van der Waals surface area contributed by atoms with Gasteiger partial charge in [0, 0.05) is 5.41 Å². The van der Waals surface area contributed by atoms with Crippen LogP contribution in [0.2, 0.25) is 0 Å². The van der Waals surface area contributed by atoms with Gasteiger partial charge < -0.3 is 0 Å². The molecule has 0 saturated carbocycles. The molecule has 0 fully saturated rings. The summed E-state index contributed by atoms with van der Waals surface area (Å²) in [6.07, 6.45) is 14.8. The first-order valence-corrected chi connectivity index (χ1v) is 12.4. The van der Waals surface area contributed by atoms with E-state index in [1.807, 2.05) is 0 Å². The van der Waals surface area contributed by atoms with Crippen LogP contribution in [0, 0.1) is 5.41 Å². The maximum atomic E-state index is 2.36. The molecule has 0 heteroatoms. The lowest BCUT2D eigenvalue weighted by atomic mass is 9.70. The maximum Gasteiger partial charge on any atom is 0.0147 e. The average molecular weight is 447 g/mol. The second-order valence-electron chi connectivity index (χ2n) is 9.97. The van der Waals surface area contributed by atoms with Gasteiger partial charge in [-0.25, -0.2) is 0 Å². The molecule has 1 unspecified atom stereocenters. The summed E-state index contributed by atoms with van der Waals surface area (Å²) < 4.78 is 0. The molecule has 5 aromatic rings. The molecule has 0 aromatic heterocycles. The van der Waals surface area contributed by atoms with Crippen molar-refractivity contribution < 1.29 is 0 Å². The molecule has 0 radical (unpaired) electrons. The molecule has 0 spiro atoms. The molecular formula is C35H26. The van der Waals surface area contributed by atoms with E-state index in [1.165, 1.54) is 60.2 Å². The highest BCUT2D eigenvalue weighted by Gasteiger charge is 2.31. The molecule has 166 valence electrons. The summed E-state index contributed by atoms with van der Waals surface area (Å²) in [5.41, 5.74) is 6.73. The van der Waals surface area contributed by atoms with Crippen molar-refractivity contribution >= 4 is 37.9 Å². The van der Waals surface area contributed by atoms with Gasteiger partial charge >= 0.3 is 0 Å². The van der Waals surface area contributed by atoms with Crippen LogP contribution in [0.3, 0.4) is 0 Å². The molecule has 0 aliphatic heterocycles. The third kappa shape index (κ3) is 3.07. The highest BCUT2D eigenvalue weighted by atomic mass is 14.3. The molecule has 0 saturated heterocycles. The summed E-state index contributed by atoms with van der Waals surface area (Å²) in [6.45, 7) is 2.36. The highest BCUT2D eigenvalue weighted by molar-refractivity contribution is 6.20. The zero-order valence-corrected chi connectivity index (χ0v) is 19.8. The molecule has 2 aliphatic carbocycles. The quantitative estimate of drug-likeness (QED) is 0.237. The molecule has 0 nitrogen and oxygen atoms in total. The Morgan fingerprint density at radius 2 is 1.23 bits per heavy atom. The third-order valence-corrected chi connectivity index (χ3v) is 7.81. The van der Waals surface area contributed by atoms with Crippen molar-refractivity contribution in [2.75, 3.05) is 0 Å². The van der Waals surface area contributed by atoms with Gasteiger partial charge in [-0.15, -0.1) is 0 Å². The Balaban J connectivity index is 1.62. The van der Waals surface area contributed by atoms with E-state index in [1.54, 1.807) is 0 Å². The number of hydrogen-bond donors (Lipinski definition) is 0. The minimum Gasteiger partial charge on any atom is -0.0827 e.